The van der Waals surface area contributed by atoms with Crippen molar-refractivity contribution >= 4 is 16.0 Å². The summed E-state index contributed by atoms with van der Waals surface area (Å²) in [5, 5.41) is 3.00. The zero-order valence-corrected chi connectivity index (χ0v) is 12.4. The Morgan fingerprint density at radius 3 is 2.89 bits per heavy atom. The van der Waals surface area contributed by atoms with Crippen LogP contribution < -0.4 is 10.0 Å². The van der Waals surface area contributed by atoms with E-state index in [1.807, 2.05) is 0 Å². The summed E-state index contributed by atoms with van der Waals surface area (Å²) in [7, 11) is -3.25. The molecule has 2 rings (SSSR count). The van der Waals surface area contributed by atoms with Gasteiger partial charge < -0.3 is 5.32 Å². The molecule has 2 aliphatic heterocycles. The van der Waals surface area contributed by atoms with Crippen LogP contribution >= 0.6 is 0 Å². The van der Waals surface area contributed by atoms with Crippen LogP contribution in [0.2, 0.25) is 0 Å². The Morgan fingerprint density at radius 2 is 2.32 bits per heavy atom. The topological polar surface area (TPSA) is 77.0 Å². The highest BCUT2D eigenvalue weighted by Gasteiger charge is 2.26. The number of hydrogen-bond donors (Lipinski definition) is 2. The zero-order chi connectivity index (χ0) is 13.9. The standard InChI is InChI=1S/C11H23N5O2S/c1-3-16-6-4-5-10(16)7-15-8-12-11(13-9-15)14-19(2,17)18/h10H,3-9H2,1-2H3,(H2,12,13,14)/t10-/m0/s1. The lowest BCUT2D eigenvalue weighted by molar-refractivity contribution is 0.172. The SMILES string of the molecule is CCN1CCC[C@H]1CN1CN=C(NS(C)(=O)=O)NC1. The first kappa shape index (κ1) is 14.5. The van der Waals surface area contributed by atoms with Crippen LogP contribution in [0.4, 0.5) is 0 Å². The molecule has 0 amide bonds. The van der Waals surface area contributed by atoms with E-state index < -0.39 is 10.0 Å². The fraction of sp³-hybridized carbons (Fsp3) is 0.909. The second kappa shape index (κ2) is 6.06. The number of likely N-dealkylation sites (tertiary alicyclic amines) is 1. The van der Waals surface area contributed by atoms with Gasteiger partial charge in [0.1, 0.15) is 0 Å². The van der Waals surface area contributed by atoms with E-state index in [1.54, 1.807) is 0 Å². The van der Waals surface area contributed by atoms with Crippen molar-refractivity contribution in [2.45, 2.75) is 25.8 Å². The molecule has 0 aromatic heterocycles. The van der Waals surface area contributed by atoms with Gasteiger partial charge in [-0.25, -0.2) is 13.4 Å². The Hall–Kier alpha value is -0.860. The summed E-state index contributed by atoms with van der Waals surface area (Å²) in [6.07, 6.45) is 3.63. The fourth-order valence-electron chi connectivity index (χ4n) is 2.65. The predicted molar refractivity (Wildman–Crippen MR) is 75.3 cm³/mol. The molecule has 0 spiro atoms. The average Bonchev–Trinajstić information content (AvgIpc) is 2.77. The molecule has 8 heteroatoms. The zero-order valence-electron chi connectivity index (χ0n) is 11.6. The third-order valence-corrected chi connectivity index (χ3v) is 4.12. The molecule has 0 radical (unpaired) electrons. The third-order valence-electron chi connectivity index (χ3n) is 3.56. The van der Waals surface area contributed by atoms with Crippen molar-refractivity contribution in [2.24, 2.45) is 4.99 Å². The van der Waals surface area contributed by atoms with Gasteiger partial charge in [-0.3, -0.25) is 14.5 Å². The molecule has 1 atom stereocenters. The van der Waals surface area contributed by atoms with Crippen LogP contribution in [0.25, 0.3) is 0 Å². The molecule has 110 valence electrons. The van der Waals surface area contributed by atoms with E-state index in [0.29, 0.717) is 25.3 Å². The Bertz CT molecular complexity index is 436. The summed E-state index contributed by atoms with van der Waals surface area (Å²) in [5.41, 5.74) is 0. The van der Waals surface area contributed by atoms with Gasteiger partial charge in [-0.05, 0) is 25.9 Å². The van der Waals surface area contributed by atoms with E-state index in [1.165, 1.54) is 19.4 Å². The smallest absolute Gasteiger partial charge is 0.232 e. The second-order valence-corrected chi connectivity index (χ2v) is 6.88. The van der Waals surface area contributed by atoms with Gasteiger partial charge >= 0.3 is 0 Å². The van der Waals surface area contributed by atoms with E-state index in [4.69, 9.17) is 0 Å². The molecule has 2 N–H and O–H groups in total. The quantitative estimate of drug-likeness (QED) is 0.708. The lowest BCUT2D eigenvalue weighted by Crippen LogP contribution is -2.52. The van der Waals surface area contributed by atoms with Crippen molar-refractivity contribution in [2.75, 3.05) is 39.2 Å². The Morgan fingerprint density at radius 1 is 1.53 bits per heavy atom. The lowest BCUT2D eigenvalue weighted by atomic mass is 10.2. The number of hydrogen-bond acceptors (Lipinski definition) is 6. The summed E-state index contributed by atoms with van der Waals surface area (Å²) >= 11 is 0. The summed E-state index contributed by atoms with van der Waals surface area (Å²) in [5.74, 6) is 0.345. The maximum absolute atomic E-state index is 11.1. The Balaban J connectivity index is 1.83. The van der Waals surface area contributed by atoms with Gasteiger partial charge in [0.25, 0.3) is 0 Å². The molecule has 2 heterocycles. The van der Waals surface area contributed by atoms with Crippen molar-refractivity contribution in [1.82, 2.24) is 19.8 Å². The number of guanidine groups is 1. The molecular weight excluding hydrogens is 266 g/mol. The van der Waals surface area contributed by atoms with Gasteiger partial charge in [0, 0.05) is 12.6 Å². The van der Waals surface area contributed by atoms with Crippen molar-refractivity contribution < 1.29 is 8.42 Å². The molecular formula is C11H23N5O2S. The average molecular weight is 289 g/mol. The molecule has 0 saturated carbocycles. The monoisotopic (exact) mass is 289 g/mol. The van der Waals surface area contributed by atoms with Crippen LogP contribution in [-0.2, 0) is 10.0 Å². The molecule has 1 fully saturated rings. The normalized spacial score (nSPS) is 26.0. The minimum Gasteiger partial charge on any atom is -0.343 e. The van der Waals surface area contributed by atoms with Crippen molar-refractivity contribution in [3.8, 4) is 0 Å². The van der Waals surface area contributed by atoms with E-state index in [-0.39, 0.29) is 0 Å². The van der Waals surface area contributed by atoms with Gasteiger partial charge in [0.15, 0.2) is 0 Å². The fourth-order valence-corrected chi connectivity index (χ4v) is 3.13. The first-order valence-electron chi connectivity index (χ1n) is 6.70. The van der Waals surface area contributed by atoms with E-state index in [0.717, 1.165) is 19.3 Å². The van der Waals surface area contributed by atoms with Crippen LogP contribution in [0.3, 0.4) is 0 Å². The van der Waals surface area contributed by atoms with Gasteiger partial charge in [0.05, 0.1) is 19.6 Å². The molecule has 0 bridgehead atoms. The first-order valence-corrected chi connectivity index (χ1v) is 8.59. The van der Waals surface area contributed by atoms with Crippen LogP contribution in [0.1, 0.15) is 19.8 Å². The predicted octanol–water partition coefficient (Wildman–Crippen LogP) is -0.804. The highest BCUT2D eigenvalue weighted by Crippen LogP contribution is 2.17. The molecule has 0 unspecified atom stereocenters. The number of aliphatic imine (C=N–C) groups is 1. The molecule has 0 aromatic rings. The highest BCUT2D eigenvalue weighted by atomic mass is 32.2. The molecule has 1 saturated heterocycles. The number of likely N-dealkylation sites (N-methyl/N-ethyl adjacent to an activating group) is 1. The molecule has 0 aromatic carbocycles. The van der Waals surface area contributed by atoms with Gasteiger partial charge in [-0.1, -0.05) is 6.92 Å². The van der Waals surface area contributed by atoms with Gasteiger partial charge in [0.2, 0.25) is 16.0 Å². The van der Waals surface area contributed by atoms with Crippen LogP contribution in [-0.4, -0.2) is 69.4 Å². The maximum Gasteiger partial charge on any atom is 0.232 e. The highest BCUT2D eigenvalue weighted by molar-refractivity contribution is 7.89. The third kappa shape index (κ3) is 4.32. The summed E-state index contributed by atoms with van der Waals surface area (Å²) in [6, 6.07) is 0.603. The minimum absolute atomic E-state index is 0.345. The Kier molecular flexibility index (Phi) is 4.64. The van der Waals surface area contributed by atoms with E-state index in [9.17, 15) is 8.42 Å². The second-order valence-electron chi connectivity index (χ2n) is 5.14. The summed E-state index contributed by atoms with van der Waals surface area (Å²) in [6.45, 7) is 6.63. The van der Waals surface area contributed by atoms with E-state index in [2.05, 4.69) is 31.8 Å². The van der Waals surface area contributed by atoms with Gasteiger partial charge in [-0.15, -0.1) is 0 Å². The summed E-state index contributed by atoms with van der Waals surface area (Å²) in [4.78, 5) is 8.91. The van der Waals surface area contributed by atoms with Crippen molar-refractivity contribution in [3.63, 3.8) is 0 Å². The van der Waals surface area contributed by atoms with Gasteiger partial charge in [-0.2, -0.15) is 0 Å². The van der Waals surface area contributed by atoms with Crippen LogP contribution in [0.5, 0.6) is 0 Å². The summed E-state index contributed by atoms with van der Waals surface area (Å²) < 4.78 is 24.5. The number of nitrogens with zero attached hydrogens (tertiary/aromatic N) is 3. The number of sulfonamides is 1. The van der Waals surface area contributed by atoms with E-state index >= 15 is 0 Å². The Labute approximate surface area is 115 Å². The van der Waals surface area contributed by atoms with Crippen LogP contribution in [0, 0.1) is 0 Å². The lowest BCUT2D eigenvalue weighted by Gasteiger charge is -2.32. The number of nitrogens with one attached hydrogen (secondary N) is 2. The van der Waals surface area contributed by atoms with Crippen molar-refractivity contribution in [3.05, 3.63) is 0 Å². The minimum atomic E-state index is -3.25. The maximum atomic E-state index is 11.1. The molecule has 2 aliphatic rings. The molecule has 7 nitrogen and oxygen atoms in total. The van der Waals surface area contributed by atoms with Crippen molar-refractivity contribution in [1.29, 1.82) is 0 Å². The number of rotatable bonds is 4. The first-order chi connectivity index (χ1) is 8.98. The van der Waals surface area contributed by atoms with Crippen LogP contribution in [0.15, 0.2) is 4.99 Å². The molecule has 19 heavy (non-hydrogen) atoms. The largest absolute Gasteiger partial charge is 0.343 e. The molecule has 0 aliphatic carbocycles.